The molecule has 88 valence electrons. The molecule has 0 heterocycles. The molecule has 0 radical (unpaired) electrons. The molecular weight excluding hydrogens is 204 g/mol. The summed E-state index contributed by atoms with van der Waals surface area (Å²) in [5.41, 5.74) is 3.58. The zero-order chi connectivity index (χ0) is 12.0. The third-order valence-corrected chi connectivity index (χ3v) is 1.75. The van der Waals surface area contributed by atoms with Gasteiger partial charge >= 0.3 is 0 Å². The Morgan fingerprint density at radius 2 is 1.94 bits per heavy atom. The lowest BCUT2D eigenvalue weighted by Crippen LogP contribution is -2.42. The summed E-state index contributed by atoms with van der Waals surface area (Å²) < 4.78 is 0. The van der Waals surface area contributed by atoms with Gasteiger partial charge in [0, 0.05) is 6.54 Å². The van der Waals surface area contributed by atoms with Crippen LogP contribution in [0.1, 0.15) is 26.3 Å². The fraction of sp³-hybridized carbons (Fsp3) is 0.417. The van der Waals surface area contributed by atoms with Crippen LogP contribution in [0.2, 0.25) is 0 Å². The normalized spacial score (nSPS) is 11.2. The van der Waals surface area contributed by atoms with Crippen molar-refractivity contribution in [3.05, 3.63) is 35.9 Å². The summed E-state index contributed by atoms with van der Waals surface area (Å²) in [6.45, 7) is 6.20. The van der Waals surface area contributed by atoms with Crippen LogP contribution in [0.3, 0.4) is 0 Å². The first-order valence-electron chi connectivity index (χ1n) is 5.22. The van der Waals surface area contributed by atoms with E-state index in [0.29, 0.717) is 13.0 Å². The van der Waals surface area contributed by atoms with Crippen LogP contribution in [0.15, 0.2) is 30.3 Å². The van der Waals surface area contributed by atoms with Crippen LogP contribution in [-0.2, 0) is 16.2 Å². The first-order valence-corrected chi connectivity index (χ1v) is 5.22. The molecule has 0 aliphatic heterocycles. The summed E-state index contributed by atoms with van der Waals surface area (Å²) in [5.74, 6) is 0. The van der Waals surface area contributed by atoms with Crippen molar-refractivity contribution in [2.45, 2.75) is 32.9 Å². The number of hydrazine groups is 1. The number of nitrogens with one attached hydrogen (secondary N) is 1. The molecule has 1 rings (SSSR count). The third-order valence-electron chi connectivity index (χ3n) is 1.75. The Labute approximate surface area is 96.1 Å². The van der Waals surface area contributed by atoms with Gasteiger partial charge < -0.3 is 0 Å². The van der Waals surface area contributed by atoms with Crippen LogP contribution in [0.25, 0.3) is 0 Å². The van der Waals surface area contributed by atoms with E-state index >= 15 is 0 Å². The van der Waals surface area contributed by atoms with Crippen molar-refractivity contribution in [3.8, 4) is 0 Å². The highest BCUT2D eigenvalue weighted by atomic mass is 16.7. The quantitative estimate of drug-likeness (QED) is 0.611. The molecule has 0 saturated heterocycles. The van der Waals surface area contributed by atoms with Crippen molar-refractivity contribution < 1.29 is 9.63 Å². The van der Waals surface area contributed by atoms with Crippen molar-refractivity contribution >= 4 is 6.41 Å². The molecule has 1 N–H and O–H groups in total. The van der Waals surface area contributed by atoms with E-state index in [9.17, 15) is 4.79 Å². The van der Waals surface area contributed by atoms with E-state index in [1.807, 2.05) is 51.1 Å². The van der Waals surface area contributed by atoms with Gasteiger partial charge in [-0.05, 0) is 26.3 Å². The fourth-order valence-electron chi connectivity index (χ4n) is 1.15. The molecule has 0 atom stereocenters. The van der Waals surface area contributed by atoms with Gasteiger partial charge in [0.15, 0.2) is 0 Å². The largest absolute Gasteiger partial charge is 0.275 e. The average Bonchev–Trinajstić information content (AvgIpc) is 2.24. The van der Waals surface area contributed by atoms with Crippen molar-refractivity contribution in [2.75, 3.05) is 0 Å². The molecule has 0 unspecified atom stereocenters. The van der Waals surface area contributed by atoms with Gasteiger partial charge in [0.25, 0.3) is 0 Å². The van der Waals surface area contributed by atoms with Crippen molar-refractivity contribution in [2.24, 2.45) is 0 Å². The lowest BCUT2D eigenvalue weighted by molar-refractivity contribution is -0.239. The second-order valence-electron chi connectivity index (χ2n) is 4.46. The maximum Gasteiger partial charge on any atom is 0.249 e. The maximum atomic E-state index is 10.7. The molecule has 0 aliphatic carbocycles. The lowest BCUT2D eigenvalue weighted by Gasteiger charge is -2.26. The van der Waals surface area contributed by atoms with Gasteiger partial charge in [-0.1, -0.05) is 30.3 Å². The number of hydrogen-bond donors (Lipinski definition) is 1. The van der Waals surface area contributed by atoms with E-state index in [1.54, 1.807) is 0 Å². The molecule has 0 spiro atoms. The number of carbonyl (C=O) groups is 1. The van der Waals surface area contributed by atoms with Crippen LogP contribution in [0.5, 0.6) is 0 Å². The molecular formula is C12H18N2O2. The Morgan fingerprint density at radius 1 is 1.31 bits per heavy atom. The SMILES string of the molecule is CC(C)(C)ON(C=O)NCc1ccccc1. The first-order chi connectivity index (χ1) is 7.51. The van der Waals surface area contributed by atoms with E-state index in [2.05, 4.69) is 5.43 Å². The third kappa shape index (κ3) is 4.91. The standard InChI is InChI=1S/C12H18N2O2/c1-12(2,3)16-14(10-15)13-9-11-7-5-4-6-8-11/h4-8,10,13H,9H2,1-3H3. The smallest absolute Gasteiger partial charge is 0.249 e. The number of hydrogen-bond acceptors (Lipinski definition) is 3. The lowest BCUT2D eigenvalue weighted by atomic mass is 10.2. The minimum Gasteiger partial charge on any atom is -0.275 e. The topological polar surface area (TPSA) is 41.6 Å². The highest BCUT2D eigenvalue weighted by molar-refractivity contribution is 5.44. The van der Waals surface area contributed by atoms with E-state index in [0.717, 1.165) is 10.7 Å². The maximum absolute atomic E-state index is 10.7. The van der Waals surface area contributed by atoms with Crippen LogP contribution >= 0.6 is 0 Å². The van der Waals surface area contributed by atoms with Gasteiger partial charge in [-0.3, -0.25) is 4.79 Å². The molecule has 4 heteroatoms. The monoisotopic (exact) mass is 222 g/mol. The number of amides is 1. The summed E-state index contributed by atoms with van der Waals surface area (Å²) in [7, 11) is 0. The number of carbonyl (C=O) groups excluding carboxylic acids is 1. The average molecular weight is 222 g/mol. The predicted molar refractivity (Wildman–Crippen MR) is 62.0 cm³/mol. The molecule has 1 amide bonds. The number of rotatable bonds is 5. The minimum atomic E-state index is -0.398. The fourth-order valence-corrected chi connectivity index (χ4v) is 1.15. The molecule has 16 heavy (non-hydrogen) atoms. The Kier molecular flexibility index (Phi) is 4.46. The van der Waals surface area contributed by atoms with Gasteiger partial charge in [0.1, 0.15) is 0 Å². The minimum absolute atomic E-state index is 0.398. The summed E-state index contributed by atoms with van der Waals surface area (Å²) in [6, 6.07) is 9.81. The second-order valence-corrected chi connectivity index (χ2v) is 4.46. The van der Waals surface area contributed by atoms with Crippen molar-refractivity contribution in [3.63, 3.8) is 0 Å². The summed E-state index contributed by atoms with van der Waals surface area (Å²) in [6.07, 6.45) is 0.619. The van der Waals surface area contributed by atoms with Crippen LogP contribution < -0.4 is 5.43 Å². The highest BCUT2D eigenvalue weighted by Crippen LogP contribution is 2.07. The van der Waals surface area contributed by atoms with Crippen molar-refractivity contribution in [1.29, 1.82) is 0 Å². The molecule has 0 aliphatic rings. The van der Waals surface area contributed by atoms with Crippen molar-refractivity contribution in [1.82, 2.24) is 10.6 Å². The number of hydroxylamine groups is 1. The van der Waals surface area contributed by atoms with Gasteiger partial charge in [0.05, 0.1) is 5.60 Å². The Morgan fingerprint density at radius 3 is 2.44 bits per heavy atom. The zero-order valence-electron chi connectivity index (χ0n) is 9.93. The van der Waals surface area contributed by atoms with E-state index < -0.39 is 5.60 Å². The Balaban J connectivity index is 2.43. The van der Waals surface area contributed by atoms with Gasteiger partial charge in [-0.15, -0.1) is 0 Å². The highest BCUT2D eigenvalue weighted by Gasteiger charge is 2.15. The number of benzene rings is 1. The predicted octanol–water partition coefficient (Wildman–Crippen LogP) is 1.88. The Bertz CT molecular complexity index is 320. The molecule has 0 saturated carbocycles. The van der Waals surface area contributed by atoms with E-state index in [-0.39, 0.29) is 0 Å². The van der Waals surface area contributed by atoms with Gasteiger partial charge in [-0.25, -0.2) is 10.3 Å². The first kappa shape index (κ1) is 12.7. The second kappa shape index (κ2) is 5.63. The molecule has 1 aromatic rings. The molecule has 0 bridgehead atoms. The molecule has 4 nitrogen and oxygen atoms in total. The summed E-state index contributed by atoms with van der Waals surface area (Å²) in [4.78, 5) is 16.1. The number of nitrogens with zero attached hydrogens (tertiary/aromatic N) is 1. The summed E-state index contributed by atoms with van der Waals surface area (Å²) in [5, 5.41) is 1.10. The van der Waals surface area contributed by atoms with Crippen LogP contribution in [0, 0.1) is 0 Å². The molecule has 0 aromatic heterocycles. The zero-order valence-corrected chi connectivity index (χ0v) is 9.93. The van der Waals surface area contributed by atoms with Gasteiger partial charge in [0.2, 0.25) is 6.41 Å². The van der Waals surface area contributed by atoms with E-state index in [4.69, 9.17) is 4.84 Å². The van der Waals surface area contributed by atoms with Crippen LogP contribution in [0.4, 0.5) is 0 Å². The van der Waals surface area contributed by atoms with Crippen LogP contribution in [-0.4, -0.2) is 17.2 Å². The Hall–Kier alpha value is -1.39. The summed E-state index contributed by atoms with van der Waals surface area (Å²) >= 11 is 0. The molecule has 0 fully saturated rings. The molecule has 1 aromatic carbocycles. The van der Waals surface area contributed by atoms with Gasteiger partial charge in [-0.2, -0.15) is 5.17 Å². The van der Waals surface area contributed by atoms with E-state index in [1.165, 1.54) is 0 Å².